The second kappa shape index (κ2) is 7.32. The molecule has 4 rings (SSSR count). The minimum atomic E-state index is -0.412. The van der Waals surface area contributed by atoms with Gasteiger partial charge in [0, 0.05) is 23.5 Å². The highest BCUT2D eigenvalue weighted by Gasteiger charge is 2.18. The van der Waals surface area contributed by atoms with Gasteiger partial charge in [-0.25, -0.2) is 4.79 Å². The van der Waals surface area contributed by atoms with Gasteiger partial charge in [-0.15, -0.1) is 0 Å². The third kappa shape index (κ3) is 3.61. The fourth-order valence-corrected chi connectivity index (χ4v) is 3.22. The summed E-state index contributed by atoms with van der Waals surface area (Å²) in [6, 6.07) is 10.8. The fourth-order valence-electron chi connectivity index (χ4n) is 3.22. The van der Waals surface area contributed by atoms with Crippen LogP contribution in [0.1, 0.15) is 15.9 Å². The van der Waals surface area contributed by atoms with Crippen LogP contribution in [0.5, 0.6) is 17.2 Å². The maximum Gasteiger partial charge on any atom is 0.343 e. The van der Waals surface area contributed by atoms with E-state index in [-0.39, 0.29) is 0 Å². The molecule has 0 spiro atoms. The lowest BCUT2D eigenvalue weighted by Gasteiger charge is -2.18. The first-order valence-corrected chi connectivity index (χ1v) is 9.11. The predicted octanol–water partition coefficient (Wildman–Crippen LogP) is 1.85. The van der Waals surface area contributed by atoms with Crippen LogP contribution in [0.3, 0.4) is 0 Å². The van der Waals surface area contributed by atoms with Crippen molar-refractivity contribution in [2.45, 2.75) is 6.42 Å². The quantitative estimate of drug-likeness (QED) is 0.534. The zero-order valence-electron chi connectivity index (χ0n) is 15.5. The molecule has 0 aliphatic carbocycles. The summed E-state index contributed by atoms with van der Waals surface area (Å²) in [4.78, 5) is 17.3. The summed E-state index contributed by atoms with van der Waals surface area (Å²) in [7, 11) is 4.25. The number of carbonyl (C=O) groups excluding carboxylic acids is 1. The van der Waals surface area contributed by atoms with E-state index in [1.54, 1.807) is 18.2 Å². The van der Waals surface area contributed by atoms with Crippen LogP contribution in [0, 0.1) is 0 Å². The van der Waals surface area contributed by atoms with Gasteiger partial charge < -0.3 is 24.1 Å². The molecule has 1 aromatic heterocycles. The number of likely N-dealkylation sites (N-methyl/N-ethyl adjacent to an activating group) is 1. The molecule has 6 heteroatoms. The molecule has 0 amide bonds. The Hall–Kier alpha value is -2.99. The average Bonchev–Trinajstić information content (AvgIpc) is 3.10. The molecule has 1 aliphatic heterocycles. The summed E-state index contributed by atoms with van der Waals surface area (Å²) >= 11 is 0. The molecule has 0 atom stereocenters. The van der Waals surface area contributed by atoms with E-state index in [1.807, 2.05) is 24.4 Å². The first kappa shape index (κ1) is 17.4. The van der Waals surface area contributed by atoms with Gasteiger partial charge in [0.2, 0.25) is 0 Å². The number of carbonyl (C=O) groups is 1. The number of nitrogens with one attached hydrogen (secondary N) is 2. The number of aromatic nitrogens is 1. The van der Waals surface area contributed by atoms with E-state index in [1.165, 1.54) is 4.90 Å². The molecule has 0 fully saturated rings. The minimum Gasteiger partial charge on any atom is -0.486 e. The molecule has 3 aromatic rings. The van der Waals surface area contributed by atoms with E-state index in [4.69, 9.17) is 14.2 Å². The Morgan fingerprint density at radius 1 is 1.15 bits per heavy atom. The Morgan fingerprint density at radius 3 is 2.78 bits per heavy atom. The van der Waals surface area contributed by atoms with Gasteiger partial charge in [0.25, 0.3) is 0 Å². The van der Waals surface area contributed by atoms with Gasteiger partial charge in [0.05, 0.1) is 26.2 Å². The maximum atomic E-state index is 12.7. The SMILES string of the molecule is C[NH+](C)CCc1c[nH]c2cccc(OC(=O)c3ccc4c(c3)OCCO4)c12. The van der Waals surface area contributed by atoms with Crippen LogP contribution in [0.15, 0.2) is 42.6 Å². The van der Waals surface area contributed by atoms with Crippen molar-refractivity contribution in [1.29, 1.82) is 0 Å². The van der Waals surface area contributed by atoms with Crippen LogP contribution in [0.25, 0.3) is 10.9 Å². The number of esters is 1. The fraction of sp³-hybridized carbons (Fsp3) is 0.286. The van der Waals surface area contributed by atoms with E-state index in [0.29, 0.717) is 36.0 Å². The van der Waals surface area contributed by atoms with Crippen molar-refractivity contribution in [1.82, 2.24) is 4.98 Å². The number of aromatic amines is 1. The number of H-pyrrole nitrogens is 1. The number of hydrogen-bond donors (Lipinski definition) is 2. The third-order valence-electron chi connectivity index (χ3n) is 4.62. The lowest BCUT2D eigenvalue weighted by atomic mass is 10.1. The summed E-state index contributed by atoms with van der Waals surface area (Å²) in [6.07, 6.45) is 2.90. The van der Waals surface area contributed by atoms with Crippen molar-refractivity contribution in [3.63, 3.8) is 0 Å². The van der Waals surface area contributed by atoms with E-state index < -0.39 is 5.97 Å². The normalized spacial score (nSPS) is 13.1. The highest BCUT2D eigenvalue weighted by Crippen LogP contribution is 2.33. The Morgan fingerprint density at radius 2 is 1.96 bits per heavy atom. The third-order valence-corrected chi connectivity index (χ3v) is 4.62. The molecule has 0 radical (unpaired) electrons. The number of benzene rings is 2. The summed E-state index contributed by atoms with van der Waals surface area (Å²) < 4.78 is 16.8. The topological polar surface area (TPSA) is 65.0 Å². The van der Waals surface area contributed by atoms with E-state index in [0.717, 1.165) is 29.4 Å². The Balaban J connectivity index is 1.61. The molecule has 1 aliphatic rings. The summed E-state index contributed by atoms with van der Waals surface area (Å²) in [5, 5.41) is 0.963. The number of quaternary nitrogens is 1. The van der Waals surface area contributed by atoms with Crippen molar-refractivity contribution in [2.24, 2.45) is 0 Å². The lowest BCUT2D eigenvalue weighted by Crippen LogP contribution is -3.05. The highest BCUT2D eigenvalue weighted by atomic mass is 16.6. The van der Waals surface area contributed by atoms with Crippen molar-refractivity contribution in [3.05, 3.63) is 53.7 Å². The first-order valence-electron chi connectivity index (χ1n) is 9.11. The van der Waals surface area contributed by atoms with Crippen LogP contribution in [-0.2, 0) is 6.42 Å². The van der Waals surface area contributed by atoms with Gasteiger partial charge in [-0.1, -0.05) is 6.07 Å². The summed E-state index contributed by atoms with van der Waals surface area (Å²) in [5.41, 5.74) is 2.55. The lowest BCUT2D eigenvalue weighted by molar-refractivity contribution is -0.858. The molecule has 140 valence electrons. The van der Waals surface area contributed by atoms with Crippen LogP contribution in [-0.4, -0.2) is 44.8 Å². The van der Waals surface area contributed by atoms with Crippen molar-refractivity contribution < 1.29 is 23.9 Å². The molecule has 2 heterocycles. The van der Waals surface area contributed by atoms with Crippen molar-refractivity contribution in [3.8, 4) is 17.2 Å². The molecule has 27 heavy (non-hydrogen) atoms. The monoisotopic (exact) mass is 367 g/mol. The molecule has 0 saturated carbocycles. The molecular weight excluding hydrogens is 344 g/mol. The van der Waals surface area contributed by atoms with Crippen LogP contribution in [0.4, 0.5) is 0 Å². The Bertz CT molecular complexity index is 977. The first-order chi connectivity index (χ1) is 13.1. The Labute approximate surface area is 157 Å². The van der Waals surface area contributed by atoms with Crippen LogP contribution < -0.4 is 19.1 Å². The number of ether oxygens (including phenoxy) is 3. The summed E-state index contributed by atoms with van der Waals surface area (Å²) in [6.45, 7) is 1.99. The second-order valence-electron chi connectivity index (χ2n) is 6.95. The van der Waals surface area contributed by atoms with Crippen LogP contribution in [0.2, 0.25) is 0 Å². The number of hydrogen-bond acceptors (Lipinski definition) is 4. The second-order valence-corrected chi connectivity index (χ2v) is 6.95. The molecule has 0 bridgehead atoms. The van der Waals surface area contributed by atoms with E-state index >= 15 is 0 Å². The van der Waals surface area contributed by atoms with Gasteiger partial charge in [-0.2, -0.15) is 0 Å². The van der Waals surface area contributed by atoms with E-state index in [2.05, 4.69) is 19.1 Å². The zero-order valence-corrected chi connectivity index (χ0v) is 15.5. The standard InChI is InChI=1S/C21H22N2O4/c1-23(2)9-8-15-13-22-16-4-3-5-18(20(15)16)27-21(24)14-6-7-17-19(12-14)26-11-10-25-17/h3-7,12-13,22H,8-11H2,1-2H3/p+1. The highest BCUT2D eigenvalue weighted by molar-refractivity contribution is 5.96. The largest absolute Gasteiger partial charge is 0.486 e. The zero-order chi connectivity index (χ0) is 18.8. The van der Waals surface area contributed by atoms with Gasteiger partial charge in [-0.3, -0.25) is 0 Å². The van der Waals surface area contributed by atoms with Gasteiger partial charge in [0.15, 0.2) is 11.5 Å². The molecule has 0 saturated heterocycles. The maximum absolute atomic E-state index is 12.7. The number of rotatable bonds is 5. The van der Waals surface area contributed by atoms with Gasteiger partial charge in [-0.05, 0) is 35.9 Å². The summed E-state index contributed by atoms with van der Waals surface area (Å²) in [5.74, 6) is 1.38. The minimum absolute atomic E-state index is 0.412. The molecular formula is C21H23N2O4+. The molecule has 2 aromatic carbocycles. The Kier molecular flexibility index (Phi) is 4.73. The van der Waals surface area contributed by atoms with Crippen LogP contribution >= 0.6 is 0 Å². The predicted molar refractivity (Wildman–Crippen MR) is 102 cm³/mol. The van der Waals surface area contributed by atoms with Gasteiger partial charge >= 0.3 is 5.97 Å². The molecule has 6 nitrogen and oxygen atoms in total. The number of fused-ring (bicyclic) bond motifs is 2. The van der Waals surface area contributed by atoms with Crippen molar-refractivity contribution >= 4 is 16.9 Å². The average molecular weight is 367 g/mol. The van der Waals surface area contributed by atoms with Crippen molar-refractivity contribution in [2.75, 3.05) is 33.9 Å². The van der Waals surface area contributed by atoms with Gasteiger partial charge in [0.1, 0.15) is 19.0 Å². The van der Waals surface area contributed by atoms with E-state index in [9.17, 15) is 4.79 Å². The molecule has 0 unspecified atom stereocenters. The smallest absolute Gasteiger partial charge is 0.343 e. The molecule has 2 N–H and O–H groups in total.